The number of halogens is 4. The van der Waals surface area contributed by atoms with Crippen LogP contribution < -0.4 is 5.32 Å². The standard InChI is InChI=1S/C13H10ClF3N6O/c1-6-5-7(13(15,16)17)23-11(18-6)9(14)10(21-23)12(24)19-8-3-4-22(2)20-8/h3-5H,1-2H3,(H,19,20,24). The van der Waals surface area contributed by atoms with Crippen LogP contribution in [0.3, 0.4) is 0 Å². The summed E-state index contributed by atoms with van der Waals surface area (Å²) in [5, 5.41) is 9.77. The van der Waals surface area contributed by atoms with E-state index in [1.807, 2.05) is 0 Å². The molecule has 0 aliphatic carbocycles. The van der Waals surface area contributed by atoms with Crippen molar-refractivity contribution in [1.29, 1.82) is 0 Å². The molecule has 0 fully saturated rings. The van der Waals surface area contributed by atoms with Crippen molar-refractivity contribution < 1.29 is 18.0 Å². The van der Waals surface area contributed by atoms with E-state index in [2.05, 4.69) is 20.5 Å². The number of amides is 1. The molecule has 1 N–H and O–H groups in total. The fourth-order valence-electron chi connectivity index (χ4n) is 2.12. The summed E-state index contributed by atoms with van der Waals surface area (Å²) in [6.45, 7) is 1.40. The highest BCUT2D eigenvalue weighted by Crippen LogP contribution is 2.32. The summed E-state index contributed by atoms with van der Waals surface area (Å²) in [7, 11) is 1.65. The van der Waals surface area contributed by atoms with Gasteiger partial charge in [0.25, 0.3) is 5.91 Å². The number of hydrogen-bond acceptors (Lipinski definition) is 4. The fraction of sp³-hybridized carbons (Fsp3) is 0.231. The van der Waals surface area contributed by atoms with Gasteiger partial charge in [-0.15, -0.1) is 0 Å². The number of aryl methyl sites for hydroxylation is 2. The molecule has 3 aromatic rings. The zero-order valence-electron chi connectivity index (χ0n) is 12.4. The van der Waals surface area contributed by atoms with E-state index in [0.717, 1.165) is 6.07 Å². The first-order valence-corrected chi connectivity index (χ1v) is 6.98. The summed E-state index contributed by atoms with van der Waals surface area (Å²) in [5.41, 5.74) is -1.57. The average Bonchev–Trinajstić information content (AvgIpc) is 3.02. The van der Waals surface area contributed by atoms with Crippen molar-refractivity contribution in [1.82, 2.24) is 24.4 Å². The molecule has 0 aromatic carbocycles. The minimum atomic E-state index is -4.67. The highest BCUT2D eigenvalue weighted by Gasteiger charge is 2.36. The van der Waals surface area contributed by atoms with E-state index < -0.39 is 17.8 Å². The largest absolute Gasteiger partial charge is 0.433 e. The lowest BCUT2D eigenvalue weighted by Gasteiger charge is -2.09. The number of carbonyl (C=O) groups excluding carboxylic acids is 1. The number of fused-ring (bicyclic) bond motifs is 1. The van der Waals surface area contributed by atoms with Gasteiger partial charge in [0.2, 0.25) is 0 Å². The lowest BCUT2D eigenvalue weighted by atomic mass is 10.3. The Morgan fingerprint density at radius 1 is 1.33 bits per heavy atom. The maximum Gasteiger partial charge on any atom is 0.433 e. The molecular weight excluding hydrogens is 349 g/mol. The van der Waals surface area contributed by atoms with Gasteiger partial charge in [0, 0.05) is 25.0 Å². The topological polar surface area (TPSA) is 77.1 Å². The molecule has 0 spiro atoms. The van der Waals surface area contributed by atoms with Crippen molar-refractivity contribution in [3.05, 3.63) is 40.4 Å². The molecule has 0 aliphatic rings. The Kier molecular flexibility index (Phi) is 3.71. The Labute approximate surface area is 138 Å². The van der Waals surface area contributed by atoms with E-state index in [4.69, 9.17) is 11.6 Å². The van der Waals surface area contributed by atoms with Crippen LogP contribution in [0, 0.1) is 6.92 Å². The van der Waals surface area contributed by atoms with E-state index >= 15 is 0 Å². The van der Waals surface area contributed by atoms with Gasteiger partial charge in [-0.1, -0.05) is 11.6 Å². The normalized spacial score (nSPS) is 11.9. The molecule has 3 heterocycles. The van der Waals surface area contributed by atoms with Gasteiger partial charge in [-0.2, -0.15) is 23.4 Å². The molecule has 3 aromatic heterocycles. The first-order valence-electron chi connectivity index (χ1n) is 6.61. The Morgan fingerprint density at radius 3 is 2.62 bits per heavy atom. The predicted molar refractivity (Wildman–Crippen MR) is 78.9 cm³/mol. The molecule has 1 amide bonds. The van der Waals surface area contributed by atoms with Gasteiger partial charge in [-0.3, -0.25) is 9.48 Å². The van der Waals surface area contributed by atoms with Gasteiger partial charge >= 0.3 is 6.18 Å². The molecule has 0 bridgehead atoms. The highest BCUT2D eigenvalue weighted by atomic mass is 35.5. The molecule has 0 atom stereocenters. The van der Waals surface area contributed by atoms with Gasteiger partial charge in [-0.25, -0.2) is 9.50 Å². The molecule has 0 radical (unpaired) electrons. The smallest absolute Gasteiger partial charge is 0.304 e. The van der Waals surface area contributed by atoms with E-state index in [9.17, 15) is 18.0 Å². The van der Waals surface area contributed by atoms with Crippen LogP contribution in [0.15, 0.2) is 18.3 Å². The van der Waals surface area contributed by atoms with Gasteiger partial charge < -0.3 is 5.32 Å². The SMILES string of the molecule is Cc1cc(C(F)(F)F)n2nc(C(=O)Nc3ccn(C)n3)c(Cl)c2n1. The number of nitrogens with zero attached hydrogens (tertiary/aromatic N) is 5. The van der Waals surface area contributed by atoms with E-state index in [-0.39, 0.29) is 27.9 Å². The Morgan fingerprint density at radius 2 is 2.04 bits per heavy atom. The third-order valence-electron chi connectivity index (χ3n) is 3.12. The lowest BCUT2D eigenvalue weighted by molar-refractivity contribution is -0.142. The summed E-state index contributed by atoms with van der Waals surface area (Å²) in [6, 6.07) is 2.35. The van der Waals surface area contributed by atoms with Crippen molar-refractivity contribution >= 4 is 29.0 Å². The van der Waals surface area contributed by atoms with E-state index in [1.165, 1.54) is 17.7 Å². The van der Waals surface area contributed by atoms with Crippen LogP contribution in [0.4, 0.5) is 19.0 Å². The van der Waals surface area contributed by atoms with Crippen LogP contribution in [0.1, 0.15) is 21.9 Å². The maximum atomic E-state index is 13.1. The number of carbonyl (C=O) groups is 1. The Bertz CT molecular complexity index is 945. The van der Waals surface area contributed by atoms with Crippen molar-refractivity contribution in [2.75, 3.05) is 5.32 Å². The second-order valence-corrected chi connectivity index (χ2v) is 5.39. The van der Waals surface area contributed by atoms with Crippen molar-refractivity contribution in [2.24, 2.45) is 7.05 Å². The number of hydrogen-bond donors (Lipinski definition) is 1. The second kappa shape index (κ2) is 5.48. The molecule has 3 rings (SSSR count). The van der Waals surface area contributed by atoms with Crippen LogP contribution >= 0.6 is 11.6 Å². The molecule has 0 unspecified atom stereocenters. The van der Waals surface area contributed by atoms with Gasteiger partial charge in [-0.05, 0) is 13.0 Å². The molecule has 0 saturated carbocycles. The highest BCUT2D eigenvalue weighted by molar-refractivity contribution is 6.37. The number of rotatable bonds is 2. The van der Waals surface area contributed by atoms with Crippen LogP contribution in [-0.4, -0.2) is 30.3 Å². The van der Waals surface area contributed by atoms with Crippen LogP contribution in [-0.2, 0) is 13.2 Å². The molecule has 126 valence electrons. The van der Waals surface area contributed by atoms with Crippen molar-refractivity contribution in [2.45, 2.75) is 13.1 Å². The molecule has 11 heteroatoms. The van der Waals surface area contributed by atoms with Crippen LogP contribution in [0.2, 0.25) is 5.02 Å². The summed E-state index contributed by atoms with van der Waals surface area (Å²) in [6.07, 6.45) is -3.08. The quantitative estimate of drug-likeness (QED) is 0.764. The van der Waals surface area contributed by atoms with E-state index in [0.29, 0.717) is 4.52 Å². The fourth-order valence-corrected chi connectivity index (χ4v) is 2.36. The molecule has 0 aliphatic heterocycles. The number of anilines is 1. The van der Waals surface area contributed by atoms with E-state index in [1.54, 1.807) is 13.2 Å². The average molecular weight is 359 g/mol. The monoisotopic (exact) mass is 358 g/mol. The summed E-state index contributed by atoms with van der Waals surface area (Å²) < 4.78 is 41.4. The van der Waals surface area contributed by atoms with Gasteiger partial charge in [0.1, 0.15) is 10.7 Å². The van der Waals surface area contributed by atoms with Crippen LogP contribution in [0.25, 0.3) is 5.65 Å². The lowest BCUT2D eigenvalue weighted by Crippen LogP contribution is -2.16. The Hall–Kier alpha value is -2.62. The summed E-state index contributed by atoms with van der Waals surface area (Å²) >= 11 is 6.02. The zero-order valence-corrected chi connectivity index (χ0v) is 13.1. The van der Waals surface area contributed by atoms with Crippen molar-refractivity contribution in [3.63, 3.8) is 0 Å². The molecular formula is C13H10ClF3N6O. The minimum absolute atomic E-state index is 0.105. The Balaban J connectivity index is 2.09. The maximum absolute atomic E-state index is 13.1. The first-order chi connectivity index (χ1) is 11.2. The van der Waals surface area contributed by atoms with Gasteiger partial charge in [0.15, 0.2) is 17.2 Å². The summed E-state index contributed by atoms with van der Waals surface area (Å²) in [4.78, 5) is 16.2. The number of aromatic nitrogens is 5. The second-order valence-electron chi connectivity index (χ2n) is 5.01. The summed E-state index contributed by atoms with van der Waals surface area (Å²) in [5.74, 6) is -0.564. The van der Waals surface area contributed by atoms with Gasteiger partial charge in [0.05, 0.1) is 0 Å². The predicted octanol–water partition coefficient (Wildman–Crippen LogP) is 2.70. The molecule has 7 nitrogen and oxygen atoms in total. The zero-order chi connectivity index (χ0) is 17.6. The number of alkyl halides is 3. The first kappa shape index (κ1) is 16.2. The third-order valence-corrected chi connectivity index (χ3v) is 3.47. The third kappa shape index (κ3) is 2.80. The molecule has 0 saturated heterocycles. The number of nitrogens with one attached hydrogen (secondary N) is 1. The van der Waals surface area contributed by atoms with Crippen molar-refractivity contribution in [3.8, 4) is 0 Å². The van der Waals surface area contributed by atoms with Crippen LogP contribution in [0.5, 0.6) is 0 Å². The molecule has 24 heavy (non-hydrogen) atoms. The minimum Gasteiger partial charge on any atom is -0.304 e.